The minimum Gasteiger partial charge on any atom is -0.504 e. The van der Waals surface area contributed by atoms with Crippen molar-refractivity contribution in [2.24, 2.45) is 11.8 Å². The Kier molecular flexibility index (Phi) is 5.62. The molecule has 23 heavy (non-hydrogen) atoms. The van der Waals surface area contributed by atoms with Crippen molar-refractivity contribution in [3.63, 3.8) is 0 Å². The van der Waals surface area contributed by atoms with Crippen LogP contribution in [0.2, 0.25) is 0 Å². The minimum atomic E-state index is -0.729. The molecule has 4 N–H and O–H groups in total. The highest BCUT2D eigenvalue weighted by molar-refractivity contribution is 5.91. The van der Waals surface area contributed by atoms with Crippen LogP contribution in [-0.4, -0.2) is 33.7 Å². The SMILES string of the molecule is O=C(/C=C/c1ccc(O)c(O)c1)NCC1CCC(C(=O)O)CC1. The number of carbonyl (C=O) groups is 2. The van der Waals surface area contributed by atoms with Crippen LogP contribution in [0.25, 0.3) is 6.08 Å². The third-order valence-electron chi connectivity index (χ3n) is 4.19. The summed E-state index contributed by atoms with van der Waals surface area (Å²) in [6, 6.07) is 4.31. The minimum absolute atomic E-state index is 0.205. The van der Waals surface area contributed by atoms with E-state index in [9.17, 15) is 19.8 Å². The average molecular weight is 319 g/mol. The van der Waals surface area contributed by atoms with Crippen LogP contribution in [0.5, 0.6) is 11.5 Å². The van der Waals surface area contributed by atoms with Crippen LogP contribution < -0.4 is 5.32 Å². The summed E-state index contributed by atoms with van der Waals surface area (Å²) in [6.07, 6.45) is 5.88. The molecule has 1 aliphatic rings. The van der Waals surface area contributed by atoms with Crippen molar-refractivity contribution in [1.82, 2.24) is 5.32 Å². The summed E-state index contributed by atoms with van der Waals surface area (Å²) in [5.41, 5.74) is 0.609. The molecule has 0 spiro atoms. The molecular weight excluding hydrogens is 298 g/mol. The van der Waals surface area contributed by atoms with Crippen LogP contribution in [-0.2, 0) is 9.59 Å². The second-order valence-electron chi connectivity index (χ2n) is 5.88. The fourth-order valence-corrected chi connectivity index (χ4v) is 2.73. The van der Waals surface area contributed by atoms with Gasteiger partial charge in [0.15, 0.2) is 11.5 Å². The zero-order valence-corrected chi connectivity index (χ0v) is 12.7. The predicted molar refractivity (Wildman–Crippen MR) is 84.9 cm³/mol. The van der Waals surface area contributed by atoms with E-state index in [4.69, 9.17) is 5.11 Å². The smallest absolute Gasteiger partial charge is 0.306 e. The van der Waals surface area contributed by atoms with Gasteiger partial charge in [0.05, 0.1) is 5.92 Å². The fourth-order valence-electron chi connectivity index (χ4n) is 2.73. The van der Waals surface area contributed by atoms with Gasteiger partial charge in [0.2, 0.25) is 5.91 Å². The van der Waals surface area contributed by atoms with Gasteiger partial charge in [0.25, 0.3) is 0 Å². The van der Waals surface area contributed by atoms with Gasteiger partial charge in [-0.3, -0.25) is 9.59 Å². The molecule has 0 aliphatic heterocycles. The normalized spacial score (nSPS) is 21.2. The lowest BCUT2D eigenvalue weighted by molar-refractivity contribution is -0.143. The molecular formula is C17H21NO5. The number of phenolic OH excluding ortho intramolecular Hbond substituents is 2. The van der Waals surface area contributed by atoms with Crippen molar-refractivity contribution >= 4 is 18.0 Å². The van der Waals surface area contributed by atoms with E-state index in [0.717, 1.165) is 12.8 Å². The molecule has 0 aromatic heterocycles. The molecule has 1 saturated carbocycles. The first kappa shape index (κ1) is 16.9. The van der Waals surface area contributed by atoms with Crippen LogP contribution >= 0.6 is 0 Å². The molecule has 0 heterocycles. The number of rotatable bonds is 5. The van der Waals surface area contributed by atoms with E-state index in [1.807, 2.05) is 0 Å². The summed E-state index contributed by atoms with van der Waals surface area (Å²) in [7, 11) is 0. The number of aromatic hydroxyl groups is 2. The molecule has 1 aliphatic carbocycles. The van der Waals surface area contributed by atoms with Crippen molar-refractivity contribution in [1.29, 1.82) is 0 Å². The van der Waals surface area contributed by atoms with Gasteiger partial charge < -0.3 is 20.6 Å². The van der Waals surface area contributed by atoms with E-state index < -0.39 is 5.97 Å². The van der Waals surface area contributed by atoms with E-state index in [-0.39, 0.29) is 23.3 Å². The lowest BCUT2D eigenvalue weighted by Gasteiger charge is -2.25. The molecule has 1 aromatic carbocycles. The first-order valence-electron chi connectivity index (χ1n) is 7.66. The van der Waals surface area contributed by atoms with E-state index in [1.54, 1.807) is 12.1 Å². The molecule has 0 unspecified atom stereocenters. The third-order valence-corrected chi connectivity index (χ3v) is 4.19. The molecule has 2 rings (SSSR count). The van der Waals surface area contributed by atoms with Crippen LogP contribution in [0.1, 0.15) is 31.2 Å². The third kappa shape index (κ3) is 5.02. The summed E-state index contributed by atoms with van der Waals surface area (Å²) in [4.78, 5) is 22.7. The number of hydrogen-bond acceptors (Lipinski definition) is 4. The van der Waals surface area contributed by atoms with Gasteiger partial charge in [-0.25, -0.2) is 0 Å². The van der Waals surface area contributed by atoms with E-state index in [2.05, 4.69) is 5.32 Å². The second kappa shape index (κ2) is 7.67. The van der Waals surface area contributed by atoms with Crippen molar-refractivity contribution in [2.75, 3.05) is 6.54 Å². The molecule has 0 bridgehead atoms. The van der Waals surface area contributed by atoms with Gasteiger partial charge in [-0.1, -0.05) is 6.07 Å². The Morgan fingerprint density at radius 2 is 1.83 bits per heavy atom. The standard InChI is InChI=1S/C17H21NO5/c19-14-7-3-11(9-15(14)20)4-8-16(21)18-10-12-1-5-13(6-2-12)17(22)23/h3-4,7-9,12-13,19-20H,1-2,5-6,10H2,(H,18,21)(H,22,23)/b8-4+. The van der Waals surface area contributed by atoms with Crippen LogP contribution in [0.3, 0.4) is 0 Å². The van der Waals surface area contributed by atoms with Crippen LogP contribution in [0.15, 0.2) is 24.3 Å². The van der Waals surface area contributed by atoms with Gasteiger partial charge in [-0.2, -0.15) is 0 Å². The largest absolute Gasteiger partial charge is 0.504 e. The molecule has 124 valence electrons. The molecule has 1 aromatic rings. The maximum absolute atomic E-state index is 11.8. The van der Waals surface area contributed by atoms with Gasteiger partial charge in [-0.05, 0) is 55.4 Å². The Balaban J connectivity index is 1.76. The summed E-state index contributed by atoms with van der Waals surface area (Å²) >= 11 is 0. The highest BCUT2D eigenvalue weighted by Crippen LogP contribution is 2.28. The lowest BCUT2D eigenvalue weighted by Crippen LogP contribution is -2.31. The van der Waals surface area contributed by atoms with Crippen LogP contribution in [0.4, 0.5) is 0 Å². The molecule has 1 amide bonds. The van der Waals surface area contributed by atoms with E-state index >= 15 is 0 Å². The van der Waals surface area contributed by atoms with E-state index in [0.29, 0.717) is 30.9 Å². The average Bonchev–Trinajstić information content (AvgIpc) is 2.54. The molecule has 0 saturated heterocycles. The maximum atomic E-state index is 11.8. The number of benzene rings is 1. The molecule has 1 fully saturated rings. The summed E-state index contributed by atoms with van der Waals surface area (Å²) < 4.78 is 0. The predicted octanol–water partition coefficient (Wildman–Crippen LogP) is 2.12. The van der Waals surface area contributed by atoms with Crippen LogP contribution in [0, 0.1) is 11.8 Å². The zero-order valence-electron chi connectivity index (χ0n) is 12.7. The summed E-state index contributed by atoms with van der Waals surface area (Å²) in [5.74, 6) is -1.33. The Morgan fingerprint density at radius 1 is 1.13 bits per heavy atom. The fraction of sp³-hybridized carbons (Fsp3) is 0.412. The number of carbonyl (C=O) groups excluding carboxylic acids is 1. The van der Waals surface area contributed by atoms with Gasteiger partial charge in [0.1, 0.15) is 0 Å². The maximum Gasteiger partial charge on any atom is 0.306 e. The topological polar surface area (TPSA) is 107 Å². The van der Waals surface area contributed by atoms with Gasteiger partial charge in [-0.15, -0.1) is 0 Å². The summed E-state index contributed by atoms with van der Waals surface area (Å²) in [6.45, 7) is 0.538. The second-order valence-corrected chi connectivity index (χ2v) is 5.88. The zero-order chi connectivity index (χ0) is 16.8. The lowest BCUT2D eigenvalue weighted by atomic mass is 9.82. The monoisotopic (exact) mass is 319 g/mol. The first-order valence-corrected chi connectivity index (χ1v) is 7.66. The van der Waals surface area contributed by atoms with Crippen molar-refractivity contribution in [3.8, 4) is 11.5 Å². The Morgan fingerprint density at radius 3 is 2.43 bits per heavy atom. The van der Waals surface area contributed by atoms with Gasteiger partial charge >= 0.3 is 5.97 Å². The summed E-state index contributed by atoms with van der Waals surface area (Å²) in [5, 5.41) is 30.3. The Hall–Kier alpha value is -2.50. The highest BCUT2D eigenvalue weighted by atomic mass is 16.4. The number of carboxylic acid groups (broad SMARTS) is 1. The highest BCUT2D eigenvalue weighted by Gasteiger charge is 2.25. The van der Waals surface area contributed by atoms with Crippen molar-refractivity contribution in [2.45, 2.75) is 25.7 Å². The molecule has 0 atom stereocenters. The number of aliphatic carboxylic acids is 1. The quantitative estimate of drug-likeness (QED) is 0.491. The van der Waals surface area contributed by atoms with Crippen molar-refractivity contribution < 1.29 is 24.9 Å². The number of nitrogens with one attached hydrogen (secondary N) is 1. The molecule has 6 nitrogen and oxygen atoms in total. The Labute approximate surface area is 134 Å². The Bertz CT molecular complexity index is 603. The number of phenols is 2. The first-order chi connectivity index (χ1) is 11.0. The number of carboxylic acids is 1. The van der Waals surface area contributed by atoms with Crippen molar-refractivity contribution in [3.05, 3.63) is 29.8 Å². The van der Waals surface area contributed by atoms with Gasteiger partial charge in [0, 0.05) is 12.6 Å². The van der Waals surface area contributed by atoms with E-state index in [1.165, 1.54) is 18.2 Å². The number of hydrogen-bond donors (Lipinski definition) is 4. The number of amides is 1. The molecule has 6 heteroatoms. The molecule has 0 radical (unpaired) electrons.